The molecule has 2 rings (SSSR count). The highest BCUT2D eigenvalue weighted by molar-refractivity contribution is 5.31. The van der Waals surface area contributed by atoms with E-state index in [4.69, 9.17) is 0 Å². The van der Waals surface area contributed by atoms with Gasteiger partial charge in [-0.2, -0.15) is 0 Å². The van der Waals surface area contributed by atoms with E-state index in [1.807, 2.05) is 6.07 Å². The molecule has 1 fully saturated rings. The van der Waals surface area contributed by atoms with Crippen molar-refractivity contribution in [2.75, 3.05) is 6.54 Å². The Bertz CT molecular complexity index is 397. The Morgan fingerprint density at radius 3 is 2.67 bits per heavy atom. The summed E-state index contributed by atoms with van der Waals surface area (Å²) >= 11 is 0. The molecule has 1 aliphatic heterocycles. The molecule has 5 heteroatoms. The van der Waals surface area contributed by atoms with Crippen LogP contribution in [0.3, 0.4) is 0 Å². The Morgan fingerprint density at radius 2 is 2.06 bits per heavy atom. The van der Waals surface area contributed by atoms with Crippen LogP contribution in [0.2, 0.25) is 0 Å². The zero-order valence-electron chi connectivity index (χ0n) is 10.1. The van der Waals surface area contributed by atoms with Crippen LogP contribution >= 0.6 is 0 Å². The average Bonchev–Trinajstić information content (AvgIpc) is 2.28. The van der Waals surface area contributed by atoms with Gasteiger partial charge in [0.05, 0.1) is 0 Å². The van der Waals surface area contributed by atoms with Crippen molar-refractivity contribution in [2.45, 2.75) is 32.2 Å². The summed E-state index contributed by atoms with van der Waals surface area (Å²) in [7, 11) is 0. The van der Waals surface area contributed by atoms with Gasteiger partial charge < -0.3 is 10.1 Å². The standard InChI is InChI=1S/C13H16F3NO/c1-9-5-6-12(17-8-9)10-3-2-4-11(7-10)18-13(14,15)16/h2-4,7,9,12,17H,5-6,8H2,1H3. The zero-order valence-corrected chi connectivity index (χ0v) is 10.1. The highest BCUT2D eigenvalue weighted by Gasteiger charge is 2.31. The summed E-state index contributed by atoms with van der Waals surface area (Å²) in [6.45, 7) is 3.06. The van der Waals surface area contributed by atoms with Crippen LogP contribution in [0.5, 0.6) is 5.75 Å². The summed E-state index contributed by atoms with van der Waals surface area (Å²) in [5, 5.41) is 3.34. The van der Waals surface area contributed by atoms with E-state index < -0.39 is 6.36 Å². The molecule has 1 N–H and O–H groups in total. The molecule has 0 bridgehead atoms. The van der Waals surface area contributed by atoms with Gasteiger partial charge in [0, 0.05) is 6.04 Å². The van der Waals surface area contributed by atoms with Gasteiger partial charge in [0.2, 0.25) is 0 Å². The van der Waals surface area contributed by atoms with Gasteiger partial charge in [0.15, 0.2) is 0 Å². The SMILES string of the molecule is CC1CCC(c2cccc(OC(F)(F)F)c2)NC1. The zero-order chi connectivity index (χ0) is 13.2. The van der Waals surface area contributed by atoms with Crippen LogP contribution in [0.4, 0.5) is 13.2 Å². The van der Waals surface area contributed by atoms with Crippen molar-refractivity contribution in [3.63, 3.8) is 0 Å². The molecule has 2 atom stereocenters. The summed E-state index contributed by atoms with van der Waals surface area (Å²) in [5.41, 5.74) is 0.851. The van der Waals surface area contributed by atoms with Crippen molar-refractivity contribution in [1.82, 2.24) is 5.32 Å². The number of alkyl halides is 3. The second-order valence-corrected chi connectivity index (χ2v) is 4.76. The quantitative estimate of drug-likeness (QED) is 0.875. The van der Waals surface area contributed by atoms with E-state index in [1.54, 1.807) is 6.07 Å². The van der Waals surface area contributed by atoms with Crippen LogP contribution in [0.1, 0.15) is 31.4 Å². The van der Waals surface area contributed by atoms with E-state index in [2.05, 4.69) is 17.0 Å². The number of benzene rings is 1. The number of rotatable bonds is 2. The van der Waals surface area contributed by atoms with Crippen molar-refractivity contribution in [3.05, 3.63) is 29.8 Å². The highest BCUT2D eigenvalue weighted by Crippen LogP contribution is 2.29. The van der Waals surface area contributed by atoms with Crippen LogP contribution in [0.25, 0.3) is 0 Å². The number of halogens is 3. The first-order valence-corrected chi connectivity index (χ1v) is 6.03. The van der Waals surface area contributed by atoms with Crippen molar-refractivity contribution >= 4 is 0 Å². The van der Waals surface area contributed by atoms with Crippen molar-refractivity contribution < 1.29 is 17.9 Å². The summed E-state index contributed by atoms with van der Waals surface area (Å²) in [4.78, 5) is 0. The highest BCUT2D eigenvalue weighted by atomic mass is 19.4. The van der Waals surface area contributed by atoms with E-state index >= 15 is 0 Å². The molecule has 0 aliphatic carbocycles. The van der Waals surface area contributed by atoms with Crippen LogP contribution in [0.15, 0.2) is 24.3 Å². The topological polar surface area (TPSA) is 21.3 Å². The second kappa shape index (κ2) is 5.18. The molecular weight excluding hydrogens is 243 g/mol. The molecule has 18 heavy (non-hydrogen) atoms. The molecule has 1 aliphatic rings. The molecule has 1 aromatic carbocycles. The molecule has 2 unspecified atom stereocenters. The minimum Gasteiger partial charge on any atom is -0.406 e. The maximum Gasteiger partial charge on any atom is 0.573 e. The Hall–Kier alpha value is -1.23. The summed E-state index contributed by atoms with van der Waals surface area (Å²) in [6.07, 6.45) is -2.61. The van der Waals surface area contributed by atoms with E-state index in [0.717, 1.165) is 24.9 Å². The predicted octanol–water partition coefficient (Wildman–Crippen LogP) is 3.65. The lowest BCUT2D eigenvalue weighted by Gasteiger charge is -2.28. The van der Waals surface area contributed by atoms with Gasteiger partial charge in [-0.1, -0.05) is 19.1 Å². The van der Waals surface area contributed by atoms with Crippen molar-refractivity contribution in [3.8, 4) is 5.75 Å². The molecule has 1 saturated heterocycles. The van der Waals surface area contributed by atoms with Crippen LogP contribution in [-0.2, 0) is 0 Å². The fourth-order valence-electron chi connectivity index (χ4n) is 2.21. The van der Waals surface area contributed by atoms with Gasteiger partial charge in [0.25, 0.3) is 0 Å². The Kier molecular flexibility index (Phi) is 3.80. The molecule has 0 saturated carbocycles. The van der Waals surface area contributed by atoms with Gasteiger partial charge in [-0.05, 0) is 43.0 Å². The Balaban J connectivity index is 2.07. The third kappa shape index (κ3) is 3.63. The lowest BCUT2D eigenvalue weighted by Crippen LogP contribution is -2.31. The summed E-state index contributed by atoms with van der Waals surface area (Å²) in [5.74, 6) is 0.469. The number of hydrogen-bond acceptors (Lipinski definition) is 2. The third-order valence-corrected chi connectivity index (χ3v) is 3.15. The minimum absolute atomic E-state index is 0.123. The van der Waals surface area contributed by atoms with Crippen molar-refractivity contribution in [2.24, 2.45) is 5.92 Å². The predicted molar refractivity (Wildman–Crippen MR) is 62.3 cm³/mol. The summed E-state index contributed by atoms with van der Waals surface area (Å²) < 4.78 is 40.3. The molecular formula is C13H16F3NO. The van der Waals surface area contributed by atoms with Gasteiger partial charge in [0.1, 0.15) is 5.75 Å². The summed E-state index contributed by atoms with van der Waals surface area (Å²) in [6, 6.07) is 6.33. The minimum atomic E-state index is -4.63. The molecule has 0 radical (unpaired) electrons. The normalized spacial score (nSPS) is 24.9. The van der Waals surface area contributed by atoms with Gasteiger partial charge >= 0.3 is 6.36 Å². The molecule has 0 spiro atoms. The van der Waals surface area contributed by atoms with E-state index in [9.17, 15) is 13.2 Å². The monoisotopic (exact) mass is 259 g/mol. The van der Waals surface area contributed by atoms with Crippen LogP contribution < -0.4 is 10.1 Å². The van der Waals surface area contributed by atoms with E-state index in [0.29, 0.717) is 5.92 Å². The van der Waals surface area contributed by atoms with Crippen LogP contribution in [-0.4, -0.2) is 12.9 Å². The molecule has 2 nitrogen and oxygen atoms in total. The maximum absolute atomic E-state index is 12.1. The second-order valence-electron chi connectivity index (χ2n) is 4.76. The van der Waals surface area contributed by atoms with Gasteiger partial charge in [-0.25, -0.2) is 0 Å². The fourth-order valence-corrected chi connectivity index (χ4v) is 2.21. The van der Waals surface area contributed by atoms with Crippen LogP contribution in [0, 0.1) is 5.92 Å². The molecule has 0 aromatic heterocycles. The number of ether oxygens (including phenoxy) is 1. The number of piperidine rings is 1. The van der Waals surface area contributed by atoms with Gasteiger partial charge in [-0.3, -0.25) is 0 Å². The molecule has 0 amide bonds. The van der Waals surface area contributed by atoms with E-state index in [1.165, 1.54) is 12.1 Å². The van der Waals surface area contributed by atoms with Gasteiger partial charge in [-0.15, -0.1) is 13.2 Å². The fraction of sp³-hybridized carbons (Fsp3) is 0.538. The van der Waals surface area contributed by atoms with E-state index in [-0.39, 0.29) is 11.8 Å². The lowest BCUT2D eigenvalue weighted by molar-refractivity contribution is -0.274. The largest absolute Gasteiger partial charge is 0.573 e. The lowest BCUT2D eigenvalue weighted by atomic mass is 9.92. The third-order valence-electron chi connectivity index (χ3n) is 3.15. The number of nitrogens with one attached hydrogen (secondary N) is 1. The first kappa shape index (κ1) is 13.2. The Morgan fingerprint density at radius 1 is 1.28 bits per heavy atom. The maximum atomic E-state index is 12.1. The molecule has 100 valence electrons. The smallest absolute Gasteiger partial charge is 0.406 e. The first-order chi connectivity index (χ1) is 8.44. The average molecular weight is 259 g/mol. The van der Waals surface area contributed by atoms with Crippen molar-refractivity contribution in [1.29, 1.82) is 0 Å². The molecule has 1 heterocycles. The Labute approximate surface area is 104 Å². The first-order valence-electron chi connectivity index (χ1n) is 6.03. The molecule has 1 aromatic rings. The number of hydrogen-bond donors (Lipinski definition) is 1.